The predicted octanol–water partition coefficient (Wildman–Crippen LogP) is 3.58. The fourth-order valence-electron chi connectivity index (χ4n) is 3.53. The maximum absolute atomic E-state index is 12.8. The van der Waals surface area contributed by atoms with E-state index in [1.54, 1.807) is 11.3 Å². The topological polar surface area (TPSA) is 68.0 Å². The molecule has 6 nitrogen and oxygen atoms in total. The number of piperazine rings is 1. The van der Waals surface area contributed by atoms with Gasteiger partial charge in [-0.1, -0.05) is 24.3 Å². The number of anilines is 1. The molecule has 5 rings (SSSR count). The zero-order valence-corrected chi connectivity index (χ0v) is 15.5. The normalized spacial score (nSPS) is 14.8. The van der Waals surface area contributed by atoms with Gasteiger partial charge in [0.25, 0.3) is 5.91 Å². The van der Waals surface area contributed by atoms with Gasteiger partial charge in [0.05, 0.1) is 10.6 Å². The average molecular weight is 377 g/mol. The smallest absolute Gasteiger partial charge is 0.270 e. The summed E-state index contributed by atoms with van der Waals surface area (Å²) in [5, 5.41) is 10.7. The number of benzene rings is 1. The second-order valence-electron chi connectivity index (χ2n) is 6.67. The van der Waals surface area contributed by atoms with Crippen LogP contribution in [0.15, 0.2) is 53.9 Å². The lowest BCUT2D eigenvalue weighted by molar-refractivity contribution is 0.0741. The minimum Gasteiger partial charge on any atom is -0.352 e. The van der Waals surface area contributed by atoms with E-state index >= 15 is 0 Å². The van der Waals surface area contributed by atoms with Crippen LogP contribution >= 0.6 is 11.3 Å². The molecule has 2 N–H and O–H groups in total. The van der Waals surface area contributed by atoms with Gasteiger partial charge in [-0.25, -0.2) is 0 Å². The van der Waals surface area contributed by atoms with Gasteiger partial charge in [0.2, 0.25) is 0 Å². The van der Waals surface area contributed by atoms with E-state index in [1.165, 1.54) is 4.88 Å². The highest BCUT2D eigenvalue weighted by molar-refractivity contribution is 7.13. The second kappa shape index (κ2) is 6.59. The standard InChI is InChI=1S/C20H19N5OS/c26-20(17-12-14-4-1-2-5-15(14)21-17)25-9-7-24(8-10-25)19-13-16(22-23-19)18-6-3-11-27-18/h1-6,11-13,21H,7-10H2,(H,22,23). The Labute approximate surface area is 160 Å². The molecule has 1 amide bonds. The lowest BCUT2D eigenvalue weighted by Gasteiger charge is -2.34. The quantitative estimate of drug-likeness (QED) is 0.573. The van der Waals surface area contributed by atoms with Crippen LogP contribution in [0, 0.1) is 0 Å². The number of aromatic nitrogens is 3. The third kappa shape index (κ3) is 3.00. The number of nitrogens with zero attached hydrogens (tertiary/aromatic N) is 3. The van der Waals surface area contributed by atoms with E-state index in [1.807, 2.05) is 41.3 Å². The van der Waals surface area contributed by atoms with Gasteiger partial charge in [-0.2, -0.15) is 5.10 Å². The number of thiophene rings is 1. The summed E-state index contributed by atoms with van der Waals surface area (Å²) >= 11 is 1.69. The Hall–Kier alpha value is -3.06. The van der Waals surface area contributed by atoms with Crippen molar-refractivity contribution in [2.24, 2.45) is 0 Å². The number of carbonyl (C=O) groups is 1. The highest BCUT2D eigenvalue weighted by Crippen LogP contribution is 2.26. The minimum absolute atomic E-state index is 0.0622. The molecule has 0 bridgehead atoms. The maximum Gasteiger partial charge on any atom is 0.270 e. The summed E-state index contributed by atoms with van der Waals surface area (Å²) in [5.41, 5.74) is 2.69. The molecule has 1 aliphatic heterocycles. The van der Waals surface area contributed by atoms with E-state index in [9.17, 15) is 4.79 Å². The number of aromatic amines is 2. The monoisotopic (exact) mass is 377 g/mol. The lowest BCUT2D eigenvalue weighted by atomic mass is 10.2. The number of H-pyrrole nitrogens is 2. The molecule has 1 fully saturated rings. The zero-order valence-electron chi connectivity index (χ0n) is 14.7. The van der Waals surface area contributed by atoms with E-state index in [-0.39, 0.29) is 5.91 Å². The Morgan fingerprint density at radius 1 is 1.04 bits per heavy atom. The first-order chi connectivity index (χ1) is 13.3. The van der Waals surface area contributed by atoms with Gasteiger partial charge in [0.15, 0.2) is 5.82 Å². The Balaban J connectivity index is 1.26. The van der Waals surface area contributed by atoms with E-state index in [0.29, 0.717) is 18.8 Å². The fourth-order valence-corrected chi connectivity index (χ4v) is 4.22. The van der Waals surface area contributed by atoms with Crippen LogP contribution in [-0.2, 0) is 0 Å². The Kier molecular flexibility index (Phi) is 3.94. The molecule has 0 saturated carbocycles. The van der Waals surface area contributed by atoms with Gasteiger partial charge in [0.1, 0.15) is 5.69 Å². The first kappa shape index (κ1) is 16.1. The van der Waals surface area contributed by atoms with Crippen LogP contribution in [0.2, 0.25) is 0 Å². The van der Waals surface area contributed by atoms with Gasteiger partial charge >= 0.3 is 0 Å². The van der Waals surface area contributed by atoms with Gasteiger partial charge in [-0.05, 0) is 23.6 Å². The van der Waals surface area contributed by atoms with Crippen molar-refractivity contribution in [3.63, 3.8) is 0 Å². The van der Waals surface area contributed by atoms with Crippen molar-refractivity contribution in [2.75, 3.05) is 31.1 Å². The number of amides is 1. The molecule has 0 atom stereocenters. The van der Waals surface area contributed by atoms with Crippen LogP contribution < -0.4 is 4.90 Å². The lowest BCUT2D eigenvalue weighted by Crippen LogP contribution is -2.49. The molecule has 0 aliphatic carbocycles. The van der Waals surface area contributed by atoms with Crippen molar-refractivity contribution in [3.05, 3.63) is 59.6 Å². The molecule has 4 aromatic rings. The molecule has 0 radical (unpaired) electrons. The molecular formula is C20H19N5OS. The van der Waals surface area contributed by atoms with Crippen LogP contribution in [0.1, 0.15) is 10.5 Å². The van der Waals surface area contributed by atoms with Gasteiger partial charge in [0, 0.05) is 43.1 Å². The Bertz CT molecular complexity index is 1040. The molecular weight excluding hydrogens is 358 g/mol. The number of carbonyl (C=O) groups excluding carboxylic acids is 1. The predicted molar refractivity (Wildman–Crippen MR) is 108 cm³/mol. The van der Waals surface area contributed by atoms with Crippen molar-refractivity contribution in [1.29, 1.82) is 0 Å². The highest BCUT2D eigenvalue weighted by atomic mass is 32.1. The average Bonchev–Trinajstić information content (AvgIpc) is 3.47. The molecule has 27 heavy (non-hydrogen) atoms. The summed E-state index contributed by atoms with van der Waals surface area (Å²) in [6.07, 6.45) is 0. The molecule has 0 unspecified atom stereocenters. The van der Waals surface area contributed by atoms with Crippen molar-refractivity contribution in [3.8, 4) is 10.6 Å². The van der Waals surface area contributed by atoms with Crippen LogP contribution in [0.3, 0.4) is 0 Å². The molecule has 1 aromatic carbocycles. The van der Waals surface area contributed by atoms with Gasteiger partial charge in [-0.15, -0.1) is 11.3 Å². The van der Waals surface area contributed by atoms with Gasteiger partial charge < -0.3 is 14.8 Å². The number of hydrogen-bond donors (Lipinski definition) is 2. The van der Waals surface area contributed by atoms with Gasteiger partial charge in [-0.3, -0.25) is 9.89 Å². The summed E-state index contributed by atoms with van der Waals surface area (Å²) in [7, 11) is 0. The van der Waals surface area contributed by atoms with E-state index in [0.717, 1.165) is 35.5 Å². The molecule has 136 valence electrons. The molecule has 7 heteroatoms. The molecule has 1 aliphatic rings. The summed E-state index contributed by atoms with van der Waals surface area (Å²) in [5.74, 6) is 1.00. The van der Waals surface area contributed by atoms with E-state index in [2.05, 4.69) is 37.6 Å². The Morgan fingerprint density at radius 3 is 2.67 bits per heavy atom. The molecule has 4 heterocycles. The highest BCUT2D eigenvalue weighted by Gasteiger charge is 2.24. The van der Waals surface area contributed by atoms with Crippen LogP contribution in [0.25, 0.3) is 21.5 Å². The number of nitrogens with one attached hydrogen (secondary N) is 2. The van der Waals surface area contributed by atoms with Crippen molar-refractivity contribution in [2.45, 2.75) is 0 Å². The van der Waals surface area contributed by atoms with Crippen molar-refractivity contribution < 1.29 is 4.79 Å². The number of para-hydroxylation sites is 1. The number of hydrogen-bond acceptors (Lipinski definition) is 4. The second-order valence-corrected chi connectivity index (χ2v) is 7.61. The Morgan fingerprint density at radius 2 is 1.89 bits per heavy atom. The number of rotatable bonds is 3. The third-order valence-corrected chi connectivity index (χ3v) is 5.91. The third-order valence-electron chi connectivity index (χ3n) is 5.00. The van der Waals surface area contributed by atoms with Crippen molar-refractivity contribution >= 4 is 34.0 Å². The first-order valence-corrected chi connectivity index (χ1v) is 9.87. The zero-order chi connectivity index (χ0) is 18.2. The van der Waals surface area contributed by atoms with E-state index in [4.69, 9.17) is 0 Å². The first-order valence-electron chi connectivity index (χ1n) is 8.99. The summed E-state index contributed by atoms with van der Waals surface area (Å²) < 4.78 is 0. The maximum atomic E-state index is 12.8. The van der Waals surface area contributed by atoms with Crippen molar-refractivity contribution in [1.82, 2.24) is 20.1 Å². The fraction of sp³-hybridized carbons (Fsp3) is 0.200. The van der Waals surface area contributed by atoms with Crippen LogP contribution in [0.5, 0.6) is 0 Å². The largest absolute Gasteiger partial charge is 0.352 e. The summed E-state index contributed by atoms with van der Waals surface area (Å²) in [6.45, 7) is 2.94. The van der Waals surface area contributed by atoms with Crippen LogP contribution in [0.4, 0.5) is 5.82 Å². The minimum atomic E-state index is 0.0622. The van der Waals surface area contributed by atoms with Crippen LogP contribution in [-0.4, -0.2) is 52.2 Å². The molecule has 0 spiro atoms. The molecule has 3 aromatic heterocycles. The SMILES string of the molecule is O=C(c1cc2ccccc2[nH]1)N1CCN(c2cc(-c3cccs3)[nH]n2)CC1. The summed E-state index contributed by atoms with van der Waals surface area (Å²) in [6, 6.07) is 16.1. The van der Waals surface area contributed by atoms with E-state index < -0.39 is 0 Å². The molecule has 1 saturated heterocycles. The number of fused-ring (bicyclic) bond motifs is 1. The summed E-state index contributed by atoms with van der Waals surface area (Å²) in [4.78, 5) is 21.4.